The zero-order valence-corrected chi connectivity index (χ0v) is 14.7. The average Bonchev–Trinajstić information content (AvgIpc) is 3.26. The first-order chi connectivity index (χ1) is 12.2. The summed E-state index contributed by atoms with van der Waals surface area (Å²) in [6.45, 7) is 3.37. The van der Waals surface area contributed by atoms with Gasteiger partial charge in [-0.15, -0.1) is 0 Å². The number of carbonyl (C=O) groups is 1. The molecule has 2 aromatic heterocycles. The van der Waals surface area contributed by atoms with E-state index in [2.05, 4.69) is 26.0 Å². The summed E-state index contributed by atoms with van der Waals surface area (Å²) in [6.07, 6.45) is 10.9. The first-order valence-electron chi connectivity index (χ1n) is 8.97. The molecule has 1 fully saturated rings. The Kier molecular flexibility index (Phi) is 5.87. The van der Waals surface area contributed by atoms with E-state index in [9.17, 15) is 4.79 Å². The molecule has 25 heavy (non-hydrogen) atoms. The van der Waals surface area contributed by atoms with Gasteiger partial charge in [-0.3, -0.25) is 10.3 Å². The largest absolute Gasteiger partial charge is 0.384 e. The fourth-order valence-corrected chi connectivity index (χ4v) is 3.17. The third kappa shape index (κ3) is 4.71. The number of urea groups is 1. The van der Waals surface area contributed by atoms with Crippen molar-refractivity contribution in [1.82, 2.24) is 20.1 Å². The maximum Gasteiger partial charge on any atom is 0.320 e. The van der Waals surface area contributed by atoms with Gasteiger partial charge in [0.25, 0.3) is 0 Å². The van der Waals surface area contributed by atoms with Crippen LogP contribution in [0.3, 0.4) is 0 Å². The van der Waals surface area contributed by atoms with Gasteiger partial charge in [0.1, 0.15) is 5.82 Å². The van der Waals surface area contributed by atoms with Gasteiger partial charge in [-0.1, -0.05) is 12.8 Å². The minimum atomic E-state index is -0.177. The topological polar surface area (TPSA) is 83.9 Å². The van der Waals surface area contributed by atoms with E-state index < -0.39 is 0 Å². The lowest BCUT2D eigenvalue weighted by molar-refractivity contribution is 0.251. The Morgan fingerprint density at radius 1 is 1.28 bits per heavy atom. The van der Waals surface area contributed by atoms with Crippen molar-refractivity contribution in [1.29, 1.82) is 0 Å². The summed E-state index contributed by atoms with van der Waals surface area (Å²) in [7, 11) is 0. The third-order valence-corrected chi connectivity index (χ3v) is 4.51. The Morgan fingerprint density at radius 3 is 2.88 bits per heavy atom. The maximum absolute atomic E-state index is 12.2. The molecule has 1 aliphatic rings. The molecule has 2 heterocycles. The highest BCUT2D eigenvalue weighted by Crippen LogP contribution is 2.32. The van der Waals surface area contributed by atoms with Crippen molar-refractivity contribution in [2.24, 2.45) is 0 Å². The first-order valence-corrected chi connectivity index (χ1v) is 8.97. The van der Waals surface area contributed by atoms with Crippen molar-refractivity contribution in [3.8, 4) is 0 Å². The van der Waals surface area contributed by atoms with Crippen LogP contribution in [-0.2, 0) is 0 Å². The summed E-state index contributed by atoms with van der Waals surface area (Å²) in [5, 5.41) is 13.6. The molecule has 3 N–H and O–H groups in total. The smallest absolute Gasteiger partial charge is 0.320 e. The lowest BCUT2D eigenvalue weighted by Gasteiger charge is -2.16. The number of hydrogen-bond donors (Lipinski definition) is 3. The van der Waals surface area contributed by atoms with Crippen molar-refractivity contribution in [2.45, 2.75) is 45.1 Å². The number of nitrogens with zero attached hydrogens (tertiary/aromatic N) is 3. The molecule has 0 aliphatic heterocycles. The van der Waals surface area contributed by atoms with E-state index in [1.54, 1.807) is 12.4 Å². The molecule has 0 aromatic carbocycles. The highest BCUT2D eigenvalue weighted by atomic mass is 16.2. The van der Waals surface area contributed by atoms with Gasteiger partial charge in [-0.2, -0.15) is 5.10 Å². The maximum atomic E-state index is 12.2. The van der Waals surface area contributed by atoms with E-state index in [4.69, 9.17) is 0 Å². The fraction of sp³-hybridized carbons (Fsp3) is 0.500. The molecule has 0 radical (unpaired) electrons. The van der Waals surface area contributed by atoms with Gasteiger partial charge in [-0.05, 0) is 38.3 Å². The van der Waals surface area contributed by atoms with E-state index in [-0.39, 0.29) is 6.03 Å². The van der Waals surface area contributed by atoms with Crippen LogP contribution in [0.15, 0.2) is 30.7 Å². The molecular formula is C18H26N6O. The van der Waals surface area contributed by atoms with Gasteiger partial charge in [0, 0.05) is 31.0 Å². The van der Waals surface area contributed by atoms with E-state index >= 15 is 0 Å². The third-order valence-electron chi connectivity index (χ3n) is 4.51. The van der Waals surface area contributed by atoms with Gasteiger partial charge in [0.2, 0.25) is 0 Å². The molecule has 1 aliphatic carbocycles. The number of nitrogens with one attached hydrogen (secondary N) is 3. The van der Waals surface area contributed by atoms with E-state index in [1.165, 1.54) is 12.8 Å². The summed E-state index contributed by atoms with van der Waals surface area (Å²) < 4.78 is 1.98. The van der Waals surface area contributed by atoms with Crippen LogP contribution in [0.1, 0.15) is 43.7 Å². The minimum absolute atomic E-state index is 0.177. The van der Waals surface area contributed by atoms with E-state index in [1.807, 2.05) is 29.9 Å². The molecule has 7 heteroatoms. The molecule has 2 aromatic rings. The summed E-state index contributed by atoms with van der Waals surface area (Å²) in [6, 6.07) is 4.10. The molecule has 0 unspecified atom stereocenters. The molecule has 0 spiro atoms. The van der Waals surface area contributed by atoms with Gasteiger partial charge < -0.3 is 10.6 Å². The standard InChI is InChI=1S/C18H26N6O/c1-14-12-22-24(16-7-2-3-8-16)17(14)23-18(25)21-11-5-10-20-15-6-4-9-19-13-15/h4,6,9,12-13,16,20H,2-3,5,7-8,10-11H2,1H3,(H2,21,23,25). The first kappa shape index (κ1) is 17.3. The zero-order valence-electron chi connectivity index (χ0n) is 14.7. The van der Waals surface area contributed by atoms with Crippen LogP contribution in [0.5, 0.6) is 0 Å². The summed E-state index contributed by atoms with van der Waals surface area (Å²) in [5.74, 6) is 0.817. The van der Waals surface area contributed by atoms with Crippen molar-refractivity contribution in [3.63, 3.8) is 0 Å². The van der Waals surface area contributed by atoms with Gasteiger partial charge in [0.15, 0.2) is 0 Å². The molecule has 0 atom stereocenters. The summed E-state index contributed by atoms with van der Waals surface area (Å²) >= 11 is 0. The zero-order chi connectivity index (χ0) is 17.5. The fourth-order valence-electron chi connectivity index (χ4n) is 3.17. The van der Waals surface area contributed by atoms with Crippen molar-refractivity contribution < 1.29 is 4.79 Å². The number of aryl methyl sites for hydroxylation is 1. The number of hydrogen-bond acceptors (Lipinski definition) is 4. The molecule has 3 rings (SSSR count). The number of carbonyl (C=O) groups excluding carboxylic acids is 1. The van der Waals surface area contributed by atoms with Crippen LogP contribution in [0.4, 0.5) is 16.3 Å². The molecule has 134 valence electrons. The van der Waals surface area contributed by atoms with Crippen LogP contribution in [0.25, 0.3) is 0 Å². The number of pyridine rings is 1. The number of rotatable bonds is 7. The SMILES string of the molecule is Cc1cnn(C2CCCC2)c1NC(=O)NCCCNc1cccnc1. The lowest BCUT2D eigenvalue weighted by Crippen LogP contribution is -2.31. The van der Waals surface area contributed by atoms with Crippen molar-refractivity contribution >= 4 is 17.5 Å². The predicted octanol–water partition coefficient (Wildman–Crippen LogP) is 3.33. The molecule has 2 amide bonds. The molecule has 0 saturated heterocycles. The lowest BCUT2D eigenvalue weighted by atomic mass is 10.2. The number of anilines is 2. The molecule has 0 bridgehead atoms. The van der Waals surface area contributed by atoms with Crippen molar-refractivity contribution in [2.75, 3.05) is 23.7 Å². The second-order valence-corrected chi connectivity index (χ2v) is 6.46. The second kappa shape index (κ2) is 8.50. The summed E-state index contributed by atoms with van der Waals surface area (Å²) in [4.78, 5) is 16.2. The van der Waals surface area contributed by atoms with Crippen LogP contribution in [0.2, 0.25) is 0 Å². The summed E-state index contributed by atoms with van der Waals surface area (Å²) in [5.41, 5.74) is 1.99. The predicted molar refractivity (Wildman–Crippen MR) is 98.8 cm³/mol. The Hall–Kier alpha value is -2.57. The monoisotopic (exact) mass is 342 g/mol. The highest BCUT2D eigenvalue weighted by Gasteiger charge is 2.22. The second-order valence-electron chi connectivity index (χ2n) is 6.46. The Balaban J connectivity index is 1.41. The van der Waals surface area contributed by atoms with Crippen LogP contribution >= 0.6 is 0 Å². The van der Waals surface area contributed by atoms with E-state index in [0.717, 1.165) is 42.9 Å². The Bertz CT molecular complexity index is 678. The molecule has 7 nitrogen and oxygen atoms in total. The van der Waals surface area contributed by atoms with Gasteiger partial charge in [0.05, 0.1) is 17.9 Å². The molecular weight excluding hydrogens is 316 g/mol. The Morgan fingerprint density at radius 2 is 2.12 bits per heavy atom. The quantitative estimate of drug-likeness (QED) is 0.674. The molecule has 1 saturated carbocycles. The van der Waals surface area contributed by atoms with E-state index in [0.29, 0.717) is 12.6 Å². The van der Waals surface area contributed by atoms with Gasteiger partial charge >= 0.3 is 6.03 Å². The van der Waals surface area contributed by atoms with Crippen LogP contribution in [-0.4, -0.2) is 33.9 Å². The number of amides is 2. The minimum Gasteiger partial charge on any atom is -0.384 e. The van der Waals surface area contributed by atoms with Crippen LogP contribution in [0, 0.1) is 6.92 Å². The highest BCUT2D eigenvalue weighted by molar-refractivity contribution is 5.89. The Labute approximate surface area is 148 Å². The average molecular weight is 342 g/mol. The van der Waals surface area contributed by atoms with Crippen LogP contribution < -0.4 is 16.0 Å². The normalized spacial score (nSPS) is 14.4. The van der Waals surface area contributed by atoms with Crippen molar-refractivity contribution in [3.05, 3.63) is 36.3 Å². The van der Waals surface area contributed by atoms with Gasteiger partial charge in [-0.25, -0.2) is 9.48 Å². The number of aromatic nitrogens is 3.